The minimum atomic E-state index is -0.264. The van der Waals surface area contributed by atoms with Crippen molar-refractivity contribution in [2.45, 2.75) is 44.8 Å². The van der Waals surface area contributed by atoms with Gasteiger partial charge in [0.05, 0.1) is 18.9 Å². The molecule has 4 rings (SSSR count). The van der Waals surface area contributed by atoms with E-state index in [4.69, 9.17) is 0 Å². The van der Waals surface area contributed by atoms with Crippen LogP contribution in [0.3, 0.4) is 0 Å². The number of hydrogen-bond donors (Lipinski definition) is 4. The Morgan fingerprint density at radius 1 is 1.37 bits per heavy atom. The smallest absolute Gasteiger partial charge is 0.295 e. The molecule has 3 heterocycles. The molecule has 2 fully saturated rings. The first-order chi connectivity index (χ1) is 13.1. The van der Waals surface area contributed by atoms with E-state index >= 15 is 0 Å². The molecule has 1 saturated carbocycles. The fourth-order valence-corrected chi connectivity index (χ4v) is 4.48. The third kappa shape index (κ3) is 3.72. The van der Waals surface area contributed by atoms with Gasteiger partial charge in [0, 0.05) is 25.0 Å². The van der Waals surface area contributed by atoms with E-state index in [0.717, 1.165) is 50.0 Å². The van der Waals surface area contributed by atoms with E-state index in [1.807, 2.05) is 28.8 Å². The number of rotatable bonds is 6. The topological polar surface area (TPSA) is 92.7 Å². The quantitative estimate of drug-likeness (QED) is 0.558. The van der Waals surface area contributed by atoms with E-state index in [9.17, 15) is 15.0 Å². The summed E-state index contributed by atoms with van der Waals surface area (Å²) in [4.78, 5) is 18.4. The van der Waals surface area contributed by atoms with Gasteiger partial charge in [-0.2, -0.15) is 4.40 Å². The molecule has 7 nitrogen and oxygen atoms in total. The molecule has 4 N–H and O–H groups in total. The molecule has 1 saturated heterocycles. The molecule has 1 aliphatic heterocycles. The average Bonchev–Trinajstić information content (AvgIpc) is 3.40. The lowest BCUT2D eigenvalue weighted by Gasteiger charge is -2.26. The maximum atomic E-state index is 12.9. The van der Waals surface area contributed by atoms with Crippen LogP contribution in [0.4, 0.5) is 0 Å². The van der Waals surface area contributed by atoms with E-state index in [2.05, 4.69) is 15.2 Å². The highest BCUT2D eigenvalue weighted by atomic mass is 16.3. The molecule has 2 aliphatic rings. The molecule has 0 spiro atoms. The third-order valence-corrected chi connectivity index (χ3v) is 6.15. The Balaban J connectivity index is 1.53. The summed E-state index contributed by atoms with van der Waals surface area (Å²) in [6.07, 6.45) is 6.64. The molecular formula is C20H29N4O3+. The van der Waals surface area contributed by atoms with Gasteiger partial charge in [-0.25, -0.2) is 4.98 Å². The highest BCUT2D eigenvalue weighted by molar-refractivity contribution is 5.97. The number of carbonyl (C=O) groups excluding carboxylic acids is 1. The standard InChI is InChI=1S/C20H28N4O3/c25-14-20(7-2-3-8-20)13-21-19(27)18-16-5-1-4-9-24(16)17(22-18)12-23-10-6-15(26)11-23/h1,4-5,9,15,25-26H,2-3,6-8,10-14H2,(H,21,27)/p+1. The maximum absolute atomic E-state index is 12.9. The SMILES string of the molecule is O=C(NCC1(CO)CCCC1)c1[nH]c(CN2CCC(O)C2)[n+]2ccccc12. The molecule has 7 heteroatoms. The number of hydrogen-bond acceptors (Lipinski definition) is 4. The van der Waals surface area contributed by atoms with Crippen LogP contribution in [0.15, 0.2) is 24.4 Å². The van der Waals surface area contributed by atoms with Gasteiger partial charge in [-0.3, -0.25) is 9.69 Å². The number of likely N-dealkylation sites (tertiary alicyclic amines) is 1. The lowest BCUT2D eigenvalue weighted by atomic mass is 9.87. The zero-order chi connectivity index (χ0) is 18.9. The van der Waals surface area contributed by atoms with Gasteiger partial charge in [0.2, 0.25) is 5.69 Å². The maximum Gasteiger partial charge on any atom is 0.295 e. The average molecular weight is 373 g/mol. The summed E-state index contributed by atoms with van der Waals surface area (Å²) in [6.45, 7) is 2.81. The Kier molecular flexibility index (Phi) is 5.16. The van der Waals surface area contributed by atoms with Crippen LogP contribution in [0.2, 0.25) is 0 Å². The second-order valence-electron chi connectivity index (χ2n) is 8.13. The monoisotopic (exact) mass is 373 g/mol. The predicted molar refractivity (Wildman–Crippen MR) is 100 cm³/mol. The number of β-amino-alcohol motifs (C(OH)–C–C–N with tert-alkyl or cyclic N) is 1. The molecule has 1 atom stereocenters. The highest BCUT2D eigenvalue weighted by Crippen LogP contribution is 2.36. The van der Waals surface area contributed by atoms with Gasteiger partial charge in [-0.05, 0) is 31.4 Å². The van der Waals surface area contributed by atoms with Crippen molar-refractivity contribution in [2.75, 3.05) is 26.2 Å². The van der Waals surface area contributed by atoms with Crippen molar-refractivity contribution in [3.05, 3.63) is 35.9 Å². The Morgan fingerprint density at radius 3 is 2.89 bits per heavy atom. The molecule has 0 aromatic carbocycles. The number of aromatic amines is 1. The van der Waals surface area contributed by atoms with Crippen LogP contribution in [0, 0.1) is 5.41 Å². The van der Waals surface area contributed by atoms with Crippen molar-refractivity contribution in [3.8, 4) is 0 Å². The first kappa shape index (κ1) is 18.4. The summed E-state index contributed by atoms with van der Waals surface area (Å²) in [5, 5.41) is 22.6. The Morgan fingerprint density at radius 2 is 2.19 bits per heavy atom. The summed E-state index contributed by atoms with van der Waals surface area (Å²) in [7, 11) is 0. The lowest BCUT2D eigenvalue weighted by molar-refractivity contribution is -0.522. The normalized spacial score (nSPS) is 22.5. The molecule has 27 heavy (non-hydrogen) atoms. The first-order valence-corrected chi connectivity index (χ1v) is 9.91. The summed E-state index contributed by atoms with van der Waals surface area (Å²) in [6, 6.07) is 5.81. The van der Waals surface area contributed by atoms with Crippen LogP contribution in [0.5, 0.6) is 0 Å². The van der Waals surface area contributed by atoms with E-state index in [-0.39, 0.29) is 24.0 Å². The van der Waals surface area contributed by atoms with Crippen LogP contribution in [-0.4, -0.2) is 58.3 Å². The number of aliphatic hydroxyl groups is 2. The molecule has 2 aromatic rings. The molecule has 1 unspecified atom stereocenters. The van der Waals surface area contributed by atoms with Crippen LogP contribution in [0.1, 0.15) is 48.4 Å². The Labute approximate surface area is 159 Å². The minimum absolute atomic E-state index is 0.121. The molecular weight excluding hydrogens is 344 g/mol. The number of nitrogens with one attached hydrogen (secondary N) is 2. The zero-order valence-corrected chi connectivity index (χ0v) is 15.7. The van der Waals surface area contributed by atoms with Gasteiger partial charge in [-0.15, -0.1) is 0 Å². The van der Waals surface area contributed by atoms with E-state index < -0.39 is 0 Å². The number of aliphatic hydroxyl groups excluding tert-OH is 2. The van der Waals surface area contributed by atoms with E-state index in [0.29, 0.717) is 25.3 Å². The Bertz CT molecular complexity index is 813. The zero-order valence-electron chi connectivity index (χ0n) is 15.7. The molecule has 0 bridgehead atoms. The number of pyridine rings is 1. The third-order valence-electron chi connectivity index (χ3n) is 6.15. The largest absolute Gasteiger partial charge is 0.396 e. The fraction of sp³-hybridized carbons (Fsp3) is 0.600. The van der Waals surface area contributed by atoms with Gasteiger partial charge in [0.25, 0.3) is 11.7 Å². The minimum Gasteiger partial charge on any atom is -0.396 e. The van der Waals surface area contributed by atoms with Crippen molar-refractivity contribution in [2.24, 2.45) is 5.41 Å². The molecule has 146 valence electrons. The second kappa shape index (κ2) is 7.58. The summed E-state index contributed by atoms with van der Waals surface area (Å²) >= 11 is 0. The summed E-state index contributed by atoms with van der Waals surface area (Å²) < 4.78 is 2.01. The van der Waals surface area contributed by atoms with Gasteiger partial charge in [0.1, 0.15) is 6.54 Å². The predicted octanol–water partition coefficient (Wildman–Crippen LogP) is 0.603. The molecule has 1 amide bonds. The van der Waals surface area contributed by atoms with Crippen LogP contribution in [-0.2, 0) is 6.54 Å². The Hall–Kier alpha value is -1.96. The van der Waals surface area contributed by atoms with Crippen molar-refractivity contribution in [1.29, 1.82) is 0 Å². The molecule has 1 aliphatic carbocycles. The highest BCUT2D eigenvalue weighted by Gasteiger charge is 2.35. The first-order valence-electron chi connectivity index (χ1n) is 9.91. The van der Waals surface area contributed by atoms with Crippen LogP contribution in [0.25, 0.3) is 5.52 Å². The van der Waals surface area contributed by atoms with Gasteiger partial charge >= 0.3 is 0 Å². The lowest BCUT2D eigenvalue weighted by Crippen LogP contribution is -2.38. The number of amides is 1. The van der Waals surface area contributed by atoms with Gasteiger partial charge in [0.15, 0.2) is 5.52 Å². The van der Waals surface area contributed by atoms with Crippen LogP contribution < -0.4 is 9.72 Å². The van der Waals surface area contributed by atoms with E-state index in [1.54, 1.807) is 0 Å². The molecule has 2 aromatic heterocycles. The number of aromatic nitrogens is 2. The molecule has 0 radical (unpaired) electrons. The number of imidazole rings is 1. The number of nitrogens with zero attached hydrogens (tertiary/aromatic N) is 2. The van der Waals surface area contributed by atoms with Crippen molar-refractivity contribution < 1.29 is 19.4 Å². The van der Waals surface area contributed by atoms with Crippen LogP contribution >= 0.6 is 0 Å². The van der Waals surface area contributed by atoms with Crippen molar-refractivity contribution in [1.82, 2.24) is 15.2 Å². The number of carbonyl (C=O) groups is 1. The van der Waals surface area contributed by atoms with Gasteiger partial charge < -0.3 is 15.5 Å². The summed E-state index contributed by atoms with van der Waals surface area (Å²) in [5.74, 6) is 0.800. The number of fused-ring (bicyclic) bond motifs is 1. The number of H-pyrrole nitrogens is 1. The van der Waals surface area contributed by atoms with Gasteiger partial charge in [-0.1, -0.05) is 18.9 Å². The van der Waals surface area contributed by atoms with Crippen molar-refractivity contribution in [3.63, 3.8) is 0 Å². The summed E-state index contributed by atoms with van der Waals surface area (Å²) in [5.41, 5.74) is 1.23. The van der Waals surface area contributed by atoms with E-state index in [1.165, 1.54) is 0 Å². The second-order valence-corrected chi connectivity index (χ2v) is 8.13. The fourth-order valence-electron chi connectivity index (χ4n) is 4.48. The van der Waals surface area contributed by atoms with Crippen molar-refractivity contribution >= 4 is 11.4 Å².